The average molecular weight is 362 g/mol. The lowest BCUT2D eigenvalue weighted by Crippen LogP contribution is -2.53. The molecule has 2 aliphatic heterocycles. The second-order valence-electron chi connectivity index (χ2n) is 6.09. The molecule has 1 saturated heterocycles. The number of fused-ring (bicyclic) bond motifs is 1. The van der Waals surface area contributed by atoms with Crippen LogP contribution in [0.4, 0.5) is 0 Å². The van der Waals surface area contributed by atoms with Crippen molar-refractivity contribution in [3.8, 4) is 17.2 Å². The van der Waals surface area contributed by atoms with Gasteiger partial charge in [0.05, 0.1) is 6.54 Å². The number of ether oxygens (including phenoxy) is 3. The minimum absolute atomic E-state index is 0.128. The van der Waals surface area contributed by atoms with Gasteiger partial charge in [-0.05, 0) is 19.1 Å². The van der Waals surface area contributed by atoms with Crippen LogP contribution < -0.4 is 19.5 Å². The molecule has 2 aliphatic rings. The first kappa shape index (κ1) is 18.2. The van der Waals surface area contributed by atoms with Crippen molar-refractivity contribution in [2.45, 2.75) is 13.8 Å². The second kappa shape index (κ2) is 8.64. The van der Waals surface area contributed by atoms with Gasteiger partial charge in [-0.3, -0.25) is 4.79 Å². The Balaban J connectivity index is 1.49. The number of rotatable bonds is 5. The second-order valence-corrected chi connectivity index (χ2v) is 6.09. The summed E-state index contributed by atoms with van der Waals surface area (Å²) in [5.41, 5.74) is 0. The number of piperazine rings is 1. The number of amides is 1. The molecule has 3 rings (SSSR count). The summed E-state index contributed by atoms with van der Waals surface area (Å²) in [6.07, 6.45) is 0. The zero-order valence-corrected chi connectivity index (χ0v) is 15.4. The summed E-state index contributed by atoms with van der Waals surface area (Å²) >= 11 is 0. The van der Waals surface area contributed by atoms with Crippen LogP contribution in [0.3, 0.4) is 0 Å². The van der Waals surface area contributed by atoms with Crippen LogP contribution in [0.25, 0.3) is 0 Å². The Hall–Kier alpha value is -2.64. The summed E-state index contributed by atoms with van der Waals surface area (Å²) in [6, 6.07) is 5.54. The zero-order chi connectivity index (χ0) is 18.4. The van der Waals surface area contributed by atoms with Crippen molar-refractivity contribution in [2.24, 2.45) is 4.99 Å². The van der Waals surface area contributed by atoms with E-state index in [-0.39, 0.29) is 12.7 Å². The average Bonchev–Trinajstić information content (AvgIpc) is 3.12. The Kier molecular flexibility index (Phi) is 6.04. The molecule has 1 N–H and O–H groups in total. The van der Waals surface area contributed by atoms with E-state index in [0.29, 0.717) is 18.9 Å². The van der Waals surface area contributed by atoms with Crippen molar-refractivity contribution in [1.29, 1.82) is 0 Å². The van der Waals surface area contributed by atoms with E-state index in [1.54, 1.807) is 6.92 Å². The van der Waals surface area contributed by atoms with Crippen LogP contribution in [-0.2, 0) is 4.79 Å². The van der Waals surface area contributed by atoms with Crippen LogP contribution >= 0.6 is 0 Å². The van der Waals surface area contributed by atoms with Crippen molar-refractivity contribution >= 4 is 11.9 Å². The van der Waals surface area contributed by atoms with Crippen molar-refractivity contribution < 1.29 is 19.0 Å². The molecule has 0 atom stereocenters. The quantitative estimate of drug-likeness (QED) is 0.477. The Morgan fingerprint density at radius 2 is 1.92 bits per heavy atom. The molecule has 1 aromatic rings. The van der Waals surface area contributed by atoms with Crippen LogP contribution in [0.15, 0.2) is 23.2 Å². The largest absolute Gasteiger partial charge is 0.492 e. The molecule has 26 heavy (non-hydrogen) atoms. The Morgan fingerprint density at radius 1 is 1.19 bits per heavy atom. The van der Waals surface area contributed by atoms with E-state index in [2.05, 4.69) is 15.2 Å². The molecule has 8 nitrogen and oxygen atoms in total. The minimum Gasteiger partial charge on any atom is -0.492 e. The maximum absolute atomic E-state index is 11.4. The van der Waals surface area contributed by atoms with E-state index in [9.17, 15) is 4.79 Å². The predicted molar refractivity (Wildman–Crippen MR) is 97.9 cm³/mol. The summed E-state index contributed by atoms with van der Waals surface area (Å²) in [5.74, 6) is 3.19. The third-order valence-electron chi connectivity index (χ3n) is 4.33. The molecule has 0 aromatic heterocycles. The zero-order valence-electron chi connectivity index (χ0n) is 15.4. The molecular weight excluding hydrogens is 336 g/mol. The Labute approximate surface area is 153 Å². The molecule has 0 saturated carbocycles. The van der Waals surface area contributed by atoms with Crippen LogP contribution in [0, 0.1) is 0 Å². The topological polar surface area (TPSA) is 75.6 Å². The molecule has 0 unspecified atom stereocenters. The third-order valence-corrected chi connectivity index (χ3v) is 4.33. The highest BCUT2D eigenvalue weighted by Crippen LogP contribution is 2.34. The first-order valence-corrected chi connectivity index (χ1v) is 8.98. The van der Waals surface area contributed by atoms with Gasteiger partial charge in [0.25, 0.3) is 0 Å². The summed E-state index contributed by atoms with van der Waals surface area (Å²) in [7, 11) is 0. The molecule has 0 radical (unpaired) electrons. The first-order chi connectivity index (χ1) is 12.7. The Bertz CT molecular complexity index is 657. The lowest BCUT2D eigenvalue weighted by molar-refractivity contribution is -0.130. The number of carbonyl (C=O) groups excluding carboxylic acids is 1. The van der Waals surface area contributed by atoms with Crippen molar-refractivity contribution in [2.75, 3.05) is 52.7 Å². The number of benzene rings is 1. The maximum atomic E-state index is 11.4. The summed E-state index contributed by atoms with van der Waals surface area (Å²) in [6.45, 7) is 8.77. The molecule has 0 aliphatic carbocycles. The molecule has 0 spiro atoms. The summed E-state index contributed by atoms with van der Waals surface area (Å²) in [5, 5.41) is 3.31. The fourth-order valence-corrected chi connectivity index (χ4v) is 2.94. The highest BCUT2D eigenvalue weighted by molar-refractivity contribution is 5.80. The van der Waals surface area contributed by atoms with Gasteiger partial charge in [0.1, 0.15) is 12.4 Å². The van der Waals surface area contributed by atoms with Gasteiger partial charge in [-0.15, -0.1) is 0 Å². The maximum Gasteiger partial charge on any atom is 0.231 e. The van der Waals surface area contributed by atoms with E-state index in [0.717, 1.165) is 50.2 Å². The van der Waals surface area contributed by atoms with Crippen molar-refractivity contribution in [1.82, 2.24) is 15.1 Å². The molecule has 8 heteroatoms. The third kappa shape index (κ3) is 4.50. The standard InChI is InChI=1S/C18H26N4O4/c1-3-19-18(22-9-7-21(8-10-22)14(2)23)20-6-11-24-15-4-5-16-17(12-15)26-13-25-16/h4-5,12H,3,6-11,13H2,1-2H3,(H,19,20). The SMILES string of the molecule is CCNC(=NCCOc1ccc2c(c1)OCO2)N1CCN(C(C)=O)CC1. The molecule has 0 bridgehead atoms. The van der Waals surface area contributed by atoms with Gasteiger partial charge < -0.3 is 29.3 Å². The lowest BCUT2D eigenvalue weighted by Gasteiger charge is -2.36. The highest BCUT2D eigenvalue weighted by Gasteiger charge is 2.20. The van der Waals surface area contributed by atoms with E-state index in [1.807, 2.05) is 30.0 Å². The molecule has 2 heterocycles. The fourth-order valence-electron chi connectivity index (χ4n) is 2.94. The fraction of sp³-hybridized carbons (Fsp3) is 0.556. The number of hydrogen-bond donors (Lipinski definition) is 1. The summed E-state index contributed by atoms with van der Waals surface area (Å²) < 4.78 is 16.4. The van der Waals surface area contributed by atoms with E-state index in [1.165, 1.54) is 0 Å². The molecule has 1 amide bonds. The van der Waals surface area contributed by atoms with Crippen LogP contribution in [0.1, 0.15) is 13.8 Å². The van der Waals surface area contributed by atoms with Gasteiger partial charge in [0.2, 0.25) is 12.7 Å². The molecule has 1 aromatic carbocycles. The minimum atomic E-state index is 0.128. The number of nitrogens with zero attached hydrogens (tertiary/aromatic N) is 3. The normalized spacial score (nSPS) is 16.6. The number of carbonyl (C=O) groups is 1. The monoisotopic (exact) mass is 362 g/mol. The van der Waals surface area contributed by atoms with E-state index < -0.39 is 0 Å². The van der Waals surface area contributed by atoms with E-state index >= 15 is 0 Å². The summed E-state index contributed by atoms with van der Waals surface area (Å²) in [4.78, 5) is 20.1. The van der Waals surface area contributed by atoms with E-state index in [4.69, 9.17) is 14.2 Å². The van der Waals surface area contributed by atoms with Gasteiger partial charge >= 0.3 is 0 Å². The smallest absolute Gasteiger partial charge is 0.231 e. The molecular formula is C18H26N4O4. The lowest BCUT2D eigenvalue weighted by atomic mass is 10.3. The van der Waals surface area contributed by atoms with Crippen LogP contribution in [-0.4, -0.2) is 74.3 Å². The van der Waals surface area contributed by atoms with Crippen molar-refractivity contribution in [3.05, 3.63) is 18.2 Å². The van der Waals surface area contributed by atoms with Crippen molar-refractivity contribution in [3.63, 3.8) is 0 Å². The van der Waals surface area contributed by atoms with Gasteiger partial charge in [0.15, 0.2) is 17.5 Å². The molecule has 142 valence electrons. The van der Waals surface area contributed by atoms with Crippen LogP contribution in [0.5, 0.6) is 17.2 Å². The molecule has 1 fully saturated rings. The van der Waals surface area contributed by atoms with Gasteiger partial charge in [-0.25, -0.2) is 4.99 Å². The van der Waals surface area contributed by atoms with Gasteiger partial charge in [-0.2, -0.15) is 0 Å². The predicted octanol–water partition coefficient (Wildman–Crippen LogP) is 0.924. The van der Waals surface area contributed by atoms with Crippen LogP contribution in [0.2, 0.25) is 0 Å². The number of aliphatic imine (C=N–C) groups is 1. The highest BCUT2D eigenvalue weighted by atomic mass is 16.7. The van der Waals surface area contributed by atoms with Gasteiger partial charge in [-0.1, -0.05) is 0 Å². The number of hydrogen-bond acceptors (Lipinski definition) is 5. The Morgan fingerprint density at radius 3 is 2.65 bits per heavy atom. The number of guanidine groups is 1. The van der Waals surface area contributed by atoms with Gasteiger partial charge in [0, 0.05) is 45.7 Å². The number of nitrogens with one attached hydrogen (secondary N) is 1. The first-order valence-electron chi connectivity index (χ1n) is 8.98.